The van der Waals surface area contributed by atoms with E-state index >= 15 is 0 Å². The topological polar surface area (TPSA) is 66.5 Å². The maximum Gasteiger partial charge on any atom is 0.252 e. The Hall–Kier alpha value is -0.440. The highest BCUT2D eigenvalue weighted by atomic mass is 79.9. The minimum atomic E-state index is -3.11. The first kappa shape index (κ1) is 15.0. The van der Waals surface area contributed by atoms with Crippen molar-refractivity contribution >= 4 is 43.2 Å². The molecule has 2 heterocycles. The van der Waals surface area contributed by atoms with E-state index in [0.717, 1.165) is 3.79 Å². The first-order valence-corrected chi connectivity index (χ1v) is 9.38. The van der Waals surface area contributed by atoms with E-state index in [9.17, 15) is 13.2 Å². The third kappa shape index (κ3) is 4.01. The van der Waals surface area contributed by atoms with Gasteiger partial charge >= 0.3 is 0 Å². The van der Waals surface area contributed by atoms with Crippen molar-refractivity contribution in [2.45, 2.75) is 18.9 Å². The Balaban J connectivity index is 1.88. The van der Waals surface area contributed by atoms with E-state index in [4.69, 9.17) is 0 Å². The maximum absolute atomic E-state index is 11.9. The van der Waals surface area contributed by atoms with Crippen LogP contribution in [0.4, 0.5) is 0 Å². The third-order valence-corrected chi connectivity index (χ3v) is 5.90. The number of rotatable bonds is 3. The molecular weight excluding hydrogens is 352 g/mol. The number of carbonyl (C=O) groups is 1. The molecule has 0 saturated carbocycles. The molecule has 0 atom stereocenters. The Labute approximate surface area is 125 Å². The Morgan fingerprint density at radius 2 is 2.11 bits per heavy atom. The molecule has 106 valence electrons. The normalized spacial score (nSPS) is 18.4. The van der Waals surface area contributed by atoms with Gasteiger partial charge in [0.15, 0.2) is 0 Å². The number of hydrogen-bond donors (Lipinski definition) is 1. The van der Waals surface area contributed by atoms with E-state index in [2.05, 4.69) is 21.2 Å². The zero-order valence-electron chi connectivity index (χ0n) is 10.4. The standard InChI is InChI=1S/C11H15BrN2O3S2/c1-19(16,17)14-4-2-9(3-5-14)13-11(15)8-6-10(12)18-7-8/h6-7,9H,2-5H2,1H3,(H,13,15). The van der Waals surface area contributed by atoms with Crippen molar-refractivity contribution in [3.63, 3.8) is 0 Å². The van der Waals surface area contributed by atoms with Crippen molar-refractivity contribution in [3.05, 3.63) is 20.8 Å². The van der Waals surface area contributed by atoms with Crippen LogP contribution in [0.3, 0.4) is 0 Å². The molecule has 1 aromatic heterocycles. The number of nitrogens with one attached hydrogen (secondary N) is 1. The Kier molecular flexibility index (Phi) is 4.65. The molecule has 1 aliphatic heterocycles. The Bertz CT molecular complexity index is 562. The first-order chi connectivity index (χ1) is 8.86. The van der Waals surface area contributed by atoms with Gasteiger partial charge in [0, 0.05) is 24.5 Å². The third-order valence-electron chi connectivity index (χ3n) is 3.09. The number of hydrogen-bond acceptors (Lipinski definition) is 4. The van der Waals surface area contributed by atoms with Crippen LogP contribution in [-0.4, -0.2) is 44.0 Å². The molecule has 2 rings (SSSR count). The van der Waals surface area contributed by atoms with Crippen LogP contribution in [0, 0.1) is 0 Å². The van der Waals surface area contributed by atoms with Gasteiger partial charge in [0.05, 0.1) is 15.6 Å². The van der Waals surface area contributed by atoms with Gasteiger partial charge < -0.3 is 5.32 Å². The number of carbonyl (C=O) groups excluding carboxylic acids is 1. The molecule has 0 radical (unpaired) electrons. The van der Waals surface area contributed by atoms with Gasteiger partial charge in [0.2, 0.25) is 10.0 Å². The van der Waals surface area contributed by atoms with Crippen molar-refractivity contribution in [2.75, 3.05) is 19.3 Å². The van der Waals surface area contributed by atoms with E-state index in [-0.39, 0.29) is 11.9 Å². The summed E-state index contributed by atoms with van der Waals surface area (Å²) in [6.45, 7) is 0.939. The Morgan fingerprint density at radius 3 is 2.58 bits per heavy atom. The first-order valence-electron chi connectivity index (χ1n) is 5.86. The lowest BCUT2D eigenvalue weighted by atomic mass is 10.1. The summed E-state index contributed by atoms with van der Waals surface area (Å²) in [5.41, 5.74) is 0.641. The van der Waals surface area contributed by atoms with Crippen LogP contribution < -0.4 is 5.32 Å². The molecule has 1 saturated heterocycles. The van der Waals surface area contributed by atoms with Crippen LogP contribution in [0.2, 0.25) is 0 Å². The average molecular weight is 367 g/mol. The second kappa shape index (κ2) is 5.90. The van der Waals surface area contributed by atoms with Gasteiger partial charge in [-0.05, 0) is 34.8 Å². The van der Waals surface area contributed by atoms with Crippen LogP contribution in [0.25, 0.3) is 0 Å². The number of thiophene rings is 1. The van der Waals surface area contributed by atoms with Crippen molar-refractivity contribution in [2.24, 2.45) is 0 Å². The second-order valence-corrected chi connectivity index (χ2v) is 8.82. The number of halogens is 1. The molecule has 0 spiro atoms. The smallest absolute Gasteiger partial charge is 0.252 e. The monoisotopic (exact) mass is 366 g/mol. The largest absolute Gasteiger partial charge is 0.349 e. The van der Waals surface area contributed by atoms with Crippen LogP contribution >= 0.6 is 27.3 Å². The summed E-state index contributed by atoms with van der Waals surface area (Å²) in [7, 11) is -3.11. The fraction of sp³-hybridized carbons (Fsp3) is 0.545. The summed E-state index contributed by atoms with van der Waals surface area (Å²) in [6.07, 6.45) is 2.53. The minimum Gasteiger partial charge on any atom is -0.349 e. The van der Waals surface area contributed by atoms with Gasteiger partial charge in [-0.3, -0.25) is 4.79 Å². The Morgan fingerprint density at radius 1 is 1.47 bits per heavy atom. The molecule has 5 nitrogen and oxygen atoms in total. The number of piperidine rings is 1. The molecule has 0 bridgehead atoms. The van der Waals surface area contributed by atoms with E-state index in [0.29, 0.717) is 31.5 Å². The lowest BCUT2D eigenvalue weighted by molar-refractivity contribution is 0.0924. The van der Waals surface area contributed by atoms with Gasteiger partial charge in [-0.2, -0.15) is 0 Å². The molecule has 1 aliphatic rings. The van der Waals surface area contributed by atoms with Gasteiger partial charge in [0.1, 0.15) is 0 Å². The summed E-state index contributed by atoms with van der Waals surface area (Å²) in [6, 6.07) is 1.83. The maximum atomic E-state index is 11.9. The summed E-state index contributed by atoms with van der Waals surface area (Å²) in [5.74, 6) is -0.0974. The highest BCUT2D eigenvalue weighted by Crippen LogP contribution is 2.21. The minimum absolute atomic E-state index is 0.0455. The molecule has 0 aliphatic carbocycles. The van der Waals surface area contributed by atoms with Gasteiger partial charge in [-0.1, -0.05) is 0 Å². The highest BCUT2D eigenvalue weighted by molar-refractivity contribution is 9.11. The van der Waals surface area contributed by atoms with Crippen LogP contribution in [0.15, 0.2) is 15.2 Å². The fourth-order valence-corrected chi connectivity index (χ4v) is 4.04. The number of nitrogens with zero attached hydrogens (tertiary/aromatic N) is 1. The molecule has 0 unspecified atom stereocenters. The van der Waals surface area contributed by atoms with Crippen LogP contribution in [0.5, 0.6) is 0 Å². The molecule has 1 N–H and O–H groups in total. The lowest BCUT2D eigenvalue weighted by Crippen LogP contribution is -2.46. The predicted octanol–water partition coefficient (Wildman–Crippen LogP) is 1.66. The van der Waals surface area contributed by atoms with Gasteiger partial charge in [-0.15, -0.1) is 11.3 Å². The van der Waals surface area contributed by atoms with Crippen molar-refractivity contribution < 1.29 is 13.2 Å². The van der Waals surface area contributed by atoms with Gasteiger partial charge in [-0.25, -0.2) is 12.7 Å². The van der Waals surface area contributed by atoms with E-state index in [1.165, 1.54) is 21.9 Å². The van der Waals surface area contributed by atoms with Crippen molar-refractivity contribution in [3.8, 4) is 0 Å². The second-order valence-electron chi connectivity index (χ2n) is 4.55. The summed E-state index contributed by atoms with van der Waals surface area (Å²) in [4.78, 5) is 11.9. The molecule has 8 heteroatoms. The quantitative estimate of drug-likeness (QED) is 0.884. The van der Waals surface area contributed by atoms with Crippen molar-refractivity contribution in [1.82, 2.24) is 9.62 Å². The lowest BCUT2D eigenvalue weighted by Gasteiger charge is -2.30. The van der Waals surface area contributed by atoms with E-state index in [1.54, 1.807) is 11.4 Å². The summed E-state index contributed by atoms with van der Waals surface area (Å²) < 4.78 is 25.1. The summed E-state index contributed by atoms with van der Waals surface area (Å²) >= 11 is 4.79. The van der Waals surface area contributed by atoms with Crippen LogP contribution in [0.1, 0.15) is 23.2 Å². The average Bonchev–Trinajstić information content (AvgIpc) is 2.75. The molecule has 1 aromatic rings. The van der Waals surface area contributed by atoms with E-state index < -0.39 is 10.0 Å². The molecule has 1 fully saturated rings. The predicted molar refractivity (Wildman–Crippen MR) is 78.9 cm³/mol. The van der Waals surface area contributed by atoms with Crippen LogP contribution in [-0.2, 0) is 10.0 Å². The SMILES string of the molecule is CS(=O)(=O)N1CCC(NC(=O)c2csc(Br)c2)CC1. The van der Waals surface area contributed by atoms with Crippen molar-refractivity contribution in [1.29, 1.82) is 0 Å². The molecule has 0 aromatic carbocycles. The zero-order chi connectivity index (χ0) is 14.0. The van der Waals surface area contributed by atoms with E-state index in [1.807, 2.05) is 0 Å². The zero-order valence-corrected chi connectivity index (χ0v) is 13.6. The number of sulfonamides is 1. The van der Waals surface area contributed by atoms with Gasteiger partial charge in [0.25, 0.3) is 5.91 Å². The molecule has 1 amide bonds. The summed E-state index contributed by atoms with van der Waals surface area (Å²) in [5, 5.41) is 4.74. The highest BCUT2D eigenvalue weighted by Gasteiger charge is 2.26. The number of amides is 1. The molecule has 19 heavy (non-hydrogen) atoms. The molecular formula is C11H15BrN2O3S2. The fourth-order valence-electron chi connectivity index (χ4n) is 2.03.